The van der Waals surface area contributed by atoms with E-state index >= 15 is 0 Å². The number of carbonyl (C=O) groups is 1. The first kappa shape index (κ1) is 13.5. The molecule has 1 aromatic rings. The maximum Gasteiger partial charge on any atom is 0.329 e. The summed E-state index contributed by atoms with van der Waals surface area (Å²) in [5, 5.41) is 2.83. The van der Waals surface area contributed by atoms with Gasteiger partial charge in [0, 0.05) is 18.9 Å². The molecule has 96 valence electrons. The smallest absolute Gasteiger partial charge is 0.329 e. The van der Waals surface area contributed by atoms with Crippen LogP contribution in [0.25, 0.3) is 0 Å². The van der Waals surface area contributed by atoms with Crippen molar-refractivity contribution in [1.82, 2.24) is 14.9 Å². The molecule has 0 unspecified atom stereocenters. The second kappa shape index (κ2) is 6.27. The number of nitrogens with zero attached hydrogens (tertiary/aromatic N) is 2. The Balaban J connectivity index is 2.53. The van der Waals surface area contributed by atoms with E-state index in [1.165, 1.54) is 4.57 Å². The van der Waals surface area contributed by atoms with Gasteiger partial charge >= 0.3 is 12.0 Å². The number of amides is 1. The Labute approximate surface area is 102 Å². The van der Waals surface area contributed by atoms with Gasteiger partial charge in [-0.3, -0.25) is 0 Å². The summed E-state index contributed by atoms with van der Waals surface area (Å²) in [7, 11) is 0. The average Bonchev–Trinajstić information content (AvgIpc) is 2.64. The van der Waals surface area contributed by atoms with E-state index in [1.807, 2.05) is 13.8 Å². The van der Waals surface area contributed by atoms with Gasteiger partial charge in [-0.05, 0) is 26.2 Å². The fraction of sp³-hybridized carbons (Fsp3) is 0.667. The van der Waals surface area contributed by atoms with Crippen LogP contribution in [-0.4, -0.2) is 28.2 Å². The van der Waals surface area contributed by atoms with Gasteiger partial charge in [-0.15, -0.1) is 0 Å². The van der Waals surface area contributed by atoms with E-state index in [0.29, 0.717) is 18.5 Å². The number of hydrogen-bond acceptors (Lipinski definition) is 3. The molecule has 0 bridgehead atoms. The molecule has 0 atom stereocenters. The zero-order chi connectivity index (χ0) is 12.8. The molecule has 17 heavy (non-hydrogen) atoms. The highest BCUT2D eigenvalue weighted by Crippen LogP contribution is 2.09. The Hall–Kier alpha value is -1.52. The summed E-state index contributed by atoms with van der Waals surface area (Å²) in [6.45, 7) is 8.70. The van der Waals surface area contributed by atoms with Crippen LogP contribution >= 0.6 is 0 Å². The third-order valence-corrected chi connectivity index (χ3v) is 2.16. The molecule has 0 spiro atoms. The van der Waals surface area contributed by atoms with Gasteiger partial charge in [-0.1, -0.05) is 13.8 Å². The highest BCUT2D eigenvalue weighted by molar-refractivity contribution is 5.77. The number of carbonyl (C=O) groups excluding carboxylic acids is 1. The van der Waals surface area contributed by atoms with Crippen molar-refractivity contribution in [2.75, 3.05) is 6.54 Å². The molecule has 0 aromatic carbocycles. The molecule has 1 aromatic heterocycles. The molecular weight excluding hydrogens is 218 g/mol. The lowest BCUT2D eigenvalue weighted by Gasteiger charge is -2.11. The molecule has 5 nitrogen and oxygen atoms in total. The van der Waals surface area contributed by atoms with Crippen molar-refractivity contribution < 1.29 is 9.53 Å². The summed E-state index contributed by atoms with van der Waals surface area (Å²) in [4.78, 5) is 15.8. The molecule has 0 aliphatic heterocycles. The van der Waals surface area contributed by atoms with E-state index in [2.05, 4.69) is 24.1 Å². The van der Waals surface area contributed by atoms with Crippen LogP contribution in [0.1, 0.15) is 34.1 Å². The van der Waals surface area contributed by atoms with Crippen molar-refractivity contribution in [2.24, 2.45) is 5.92 Å². The molecular formula is C12H21N3O2. The SMILES string of the molecule is CC(C)CCNC(=O)n1ccnc1OC(C)C. The molecule has 1 rings (SSSR count). The van der Waals surface area contributed by atoms with Gasteiger partial charge in [0.1, 0.15) is 0 Å². The van der Waals surface area contributed by atoms with Crippen molar-refractivity contribution in [2.45, 2.75) is 40.2 Å². The number of rotatable bonds is 5. The van der Waals surface area contributed by atoms with Crippen molar-refractivity contribution in [3.63, 3.8) is 0 Å². The third kappa shape index (κ3) is 4.46. The molecule has 5 heteroatoms. The van der Waals surface area contributed by atoms with Crippen molar-refractivity contribution >= 4 is 6.03 Å². The first-order valence-corrected chi connectivity index (χ1v) is 5.99. The zero-order valence-corrected chi connectivity index (χ0v) is 10.9. The quantitative estimate of drug-likeness (QED) is 0.857. The Bertz CT molecular complexity index is 358. The van der Waals surface area contributed by atoms with E-state index in [0.717, 1.165) is 6.42 Å². The van der Waals surface area contributed by atoms with Gasteiger partial charge in [0.2, 0.25) is 0 Å². The highest BCUT2D eigenvalue weighted by Gasteiger charge is 2.12. The molecule has 0 saturated carbocycles. The number of imidazole rings is 1. The van der Waals surface area contributed by atoms with Crippen molar-refractivity contribution in [3.8, 4) is 6.01 Å². The number of ether oxygens (including phenoxy) is 1. The summed E-state index contributed by atoms with van der Waals surface area (Å²) < 4.78 is 6.81. The molecule has 1 heterocycles. The van der Waals surface area contributed by atoms with Crippen LogP contribution in [0, 0.1) is 5.92 Å². The maximum absolute atomic E-state index is 11.8. The van der Waals surface area contributed by atoms with Crippen LogP contribution in [0.2, 0.25) is 0 Å². The summed E-state index contributed by atoms with van der Waals surface area (Å²) >= 11 is 0. The van der Waals surface area contributed by atoms with Gasteiger partial charge in [-0.25, -0.2) is 14.3 Å². The van der Waals surface area contributed by atoms with Crippen LogP contribution in [-0.2, 0) is 0 Å². The normalized spacial score (nSPS) is 10.9. The van der Waals surface area contributed by atoms with E-state index in [1.54, 1.807) is 12.4 Å². The first-order valence-electron chi connectivity index (χ1n) is 5.99. The van der Waals surface area contributed by atoms with Gasteiger partial charge < -0.3 is 10.1 Å². The molecule has 0 radical (unpaired) electrons. The summed E-state index contributed by atoms with van der Waals surface area (Å²) in [5.74, 6) is 0.574. The largest absolute Gasteiger partial charge is 0.462 e. The minimum absolute atomic E-state index is 0.000357. The molecule has 1 N–H and O–H groups in total. The zero-order valence-electron chi connectivity index (χ0n) is 10.9. The summed E-state index contributed by atoms with van der Waals surface area (Å²) in [5.41, 5.74) is 0. The molecule has 0 aliphatic rings. The minimum Gasteiger partial charge on any atom is -0.462 e. The van der Waals surface area contributed by atoms with E-state index in [4.69, 9.17) is 4.74 Å². The van der Waals surface area contributed by atoms with Gasteiger partial charge in [0.15, 0.2) is 0 Å². The van der Waals surface area contributed by atoms with Crippen LogP contribution in [0.4, 0.5) is 4.79 Å². The predicted molar refractivity (Wildman–Crippen MR) is 66.2 cm³/mol. The third-order valence-electron chi connectivity index (χ3n) is 2.16. The monoisotopic (exact) mass is 239 g/mol. The lowest BCUT2D eigenvalue weighted by Crippen LogP contribution is -2.30. The fourth-order valence-corrected chi connectivity index (χ4v) is 1.30. The number of hydrogen-bond donors (Lipinski definition) is 1. The maximum atomic E-state index is 11.8. The molecule has 0 fully saturated rings. The van der Waals surface area contributed by atoms with Crippen LogP contribution in [0.5, 0.6) is 6.01 Å². The van der Waals surface area contributed by atoms with Crippen LogP contribution in [0.15, 0.2) is 12.4 Å². The van der Waals surface area contributed by atoms with Gasteiger partial charge in [-0.2, -0.15) is 0 Å². The average molecular weight is 239 g/mol. The highest BCUT2D eigenvalue weighted by atomic mass is 16.5. The lowest BCUT2D eigenvalue weighted by atomic mass is 10.1. The second-order valence-electron chi connectivity index (χ2n) is 4.66. The minimum atomic E-state index is -0.196. The Kier molecular flexibility index (Phi) is 5.00. The summed E-state index contributed by atoms with van der Waals surface area (Å²) in [6, 6.07) is 0.140. The fourth-order valence-electron chi connectivity index (χ4n) is 1.30. The summed E-state index contributed by atoms with van der Waals surface area (Å²) in [6.07, 6.45) is 4.11. The Morgan fingerprint density at radius 2 is 2.18 bits per heavy atom. The predicted octanol–water partition coefficient (Wildman–Crippen LogP) is 2.27. The Morgan fingerprint density at radius 1 is 1.47 bits per heavy atom. The Morgan fingerprint density at radius 3 is 2.76 bits per heavy atom. The number of nitrogens with one attached hydrogen (secondary N) is 1. The van der Waals surface area contributed by atoms with Crippen LogP contribution in [0.3, 0.4) is 0 Å². The van der Waals surface area contributed by atoms with Crippen molar-refractivity contribution in [3.05, 3.63) is 12.4 Å². The second-order valence-corrected chi connectivity index (χ2v) is 4.66. The molecule has 1 amide bonds. The standard InChI is InChI=1S/C12H21N3O2/c1-9(2)5-6-13-11(16)15-8-7-14-12(15)17-10(3)4/h7-10H,5-6H2,1-4H3,(H,13,16). The van der Waals surface area contributed by atoms with Crippen molar-refractivity contribution in [1.29, 1.82) is 0 Å². The van der Waals surface area contributed by atoms with E-state index in [-0.39, 0.29) is 12.1 Å². The van der Waals surface area contributed by atoms with E-state index in [9.17, 15) is 4.79 Å². The van der Waals surface area contributed by atoms with E-state index < -0.39 is 0 Å². The van der Waals surface area contributed by atoms with Gasteiger partial charge in [0.25, 0.3) is 0 Å². The lowest BCUT2D eigenvalue weighted by molar-refractivity contribution is 0.206. The topological polar surface area (TPSA) is 56.2 Å². The first-order chi connectivity index (χ1) is 8.00. The van der Waals surface area contributed by atoms with Gasteiger partial charge in [0.05, 0.1) is 6.10 Å². The van der Waals surface area contributed by atoms with Crippen LogP contribution < -0.4 is 10.1 Å². The number of aromatic nitrogens is 2. The molecule has 0 saturated heterocycles. The molecule has 0 aliphatic carbocycles.